The third kappa shape index (κ3) is 3.73. The van der Waals surface area contributed by atoms with Crippen LogP contribution in [0.2, 0.25) is 0 Å². The number of methoxy groups -OCH3 is 1. The second-order valence-electron chi connectivity index (χ2n) is 5.71. The van der Waals surface area contributed by atoms with Gasteiger partial charge in [0.15, 0.2) is 0 Å². The fourth-order valence-corrected chi connectivity index (χ4v) is 2.53. The number of nitrogens with one attached hydrogen (secondary N) is 1. The third-order valence-corrected chi connectivity index (χ3v) is 3.82. The number of likely N-dealkylation sites (N-methyl/N-ethyl adjacent to an activating group) is 1. The molecule has 5 heteroatoms. The Morgan fingerprint density at radius 1 is 1.48 bits per heavy atom. The number of anilines is 1. The van der Waals surface area contributed by atoms with E-state index < -0.39 is 5.54 Å². The molecule has 0 amide bonds. The zero-order valence-corrected chi connectivity index (χ0v) is 12.9. The van der Waals surface area contributed by atoms with Crippen molar-refractivity contribution in [3.8, 4) is 0 Å². The van der Waals surface area contributed by atoms with Gasteiger partial charge in [0.05, 0.1) is 12.8 Å². The van der Waals surface area contributed by atoms with Gasteiger partial charge in [-0.15, -0.1) is 0 Å². The van der Waals surface area contributed by atoms with Gasteiger partial charge in [-0.05, 0) is 38.8 Å². The highest BCUT2D eigenvalue weighted by atomic mass is 19.1. The molecular formula is C16H23FN2O2. The first kappa shape index (κ1) is 15.8. The molecule has 0 radical (unpaired) electrons. The topological polar surface area (TPSA) is 41.6 Å². The van der Waals surface area contributed by atoms with Crippen LogP contribution >= 0.6 is 0 Å². The van der Waals surface area contributed by atoms with Gasteiger partial charge >= 0.3 is 5.97 Å². The number of carbonyl (C=O) groups excluding carboxylic acids is 1. The van der Waals surface area contributed by atoms with E-state index in [1.807, 2.05) is 18.7 Å². The summed E-state index contributed by atoms with van der Waals surface area (Å²) in [6, 6.07) is 6.98. The fraction of sp³-hybridized carbons (Fsp3) is 0.562. The van der Waals surface area contributed by atoms with Crippen LogP contribution in [0, 0.1) is 5.82 Å². The number of halogens is 1. The number of nitrogens with zero attached hydrogens (tertiary/aromatic N) is 1. The Morgan fingerprint density at radius 3 is 2.67 bits per heavy atom. The van der Waals surface area contributed by atoms with Crippen molar-refractivity contribution in [1.82, 2.24) is 5.32 Å². The quantitative estimate of drug-likeness (QED) is 0.784. The van der Waals surface area contributed by atoms with Crippen molar-refractivity contribution in [2.45, 2.75) is 38.3 Å². The molecule has 0 aliphatic heterocycles. The molecule has 4 nitrogen and oxygen atoms in total. The van der Waals surface area contributed by atoms with Crippen molar-refractivity contribution < 1.29 is 13.9 Å². The van der Waals surface area contributed by atoms with E-state index in [-0.39, 0.29) is 11.8 Å². The second kappa shape index (κ2) is 6.43. The van der Waals surface area contributed by atoms with Crippen LogP contribution in [-0.2, 0) is 9.53 Å². The predicted molar refractivity (Wildman–Crippen MR) is 80.9 cm³/mol. The molecule has 0 saturated heterocycles. The van der Waals surface area contributed by atoms with E-state index in [1.165, 1.54) is 13.2 Å². The molecule has 1 fully saturated rings. The summed E-state index contributed by atoms with van der Waals surface area (Å²) in [5, 5.41) is 3.33. The van der Waals surface area contributed by atoms with Gasteiger partial charge in [-0.1, -0.05) is 12.1 Å². The average Bonchev–Trinajstić information content (AvgIpc) is 3.28. The minimum Gasteiger partial charge on any atom is -0.468 e. The molecule has 0 heterocycles. The van der Waals surface area contributed by atoms with Crippen molar-refractivity contribution in [3.63, 3.8) is 0 Å². The first-order chi connectivity index (χ1) is 10.00. The van der Waals surface area contributed by atoms with E-state index in [0.29, 0.717) is 24.8 Å². The van der Waals surface area contributed by atoms with Gasteiger partial charge in [0.25, 0.3) is 0 Å². The predicted octanol–water partition coefficient (Wildman–Crippen LogP) is 2.34. The van der Waals surface area contributed by atoms with Crippen LogP contribution in [0.5, 0.6) is 0 Å². The smallest absolute Gasteiger partial charge is 0.327 e. The van der Waals surface area contributed by atoms with Crippen LogP contribution in [0.25, 0.3) is 0 Å². The first-order valence-corrected chi connectivity index (χ1v) is 7.35. The van der Waals surface area contributed by atoms with Gasteiger partial charge in [-0.3, -0.25) is 5.32 Å². The lowest BCUT2D eigenvalue weighted by molar-refractivity contribution is -0.147. The maximum atomic E-state index is 14.0. The summed E-state index contributed by atoms with van der Waals surface area (Å²) in [5.74, 6) is -0.595. The van der Waals surface area contributed by atoms with Gasteiger partial charge in [-0.25, -0.2) is 9.18 Å². The highest BCUT2D eigenvalue weighted by Crippen LogP contribution is 2.26. The van der Waals surface area contributed by atoms with E-state index in [2.05, 4.69) is 5.32 Å². The van der Waals surface area contributed by atoms with Gasteiger partial charge in [0, 0.05) is 19.1 Å². The number of esters is 1. The normalized spacial score (nSPS) is 17.1. The molecule has 1 N–H and O–H groups in total. The lowest BCUT2D eigenvalue weighted by Crippen LogP contribution is -2.58. The largest absolute Gasteiger partial charge is 0.468 e. The fourth-order valence-electron chi connectivity index (χ4n) is 2.53. The molecule has 1 aliphatic carbocycles. The molecule has 21 heavy (non-hydrogen) atoms. The summed E-state index contributed by atoms with van der Waals surface area (Å²) < 4.78 is 18.9. The van der Waals surface area contributed by atoms with E-state index in [0.717, 1.165) is 12.8 Å². The number of benzene rings is 1. The maximum absolute atomic E-state index is 14.0. The minimum absolute atomic E-state index is 0.280. The van der Waals surface area contributed by atoms with Crippen LogP contribution in [0.3, 0.4) is 0 Å². The molecule has 1 aromatic rings. The third-order valence-electron chi connectivity index (χ3n) is 3.82. The molecule has 0 spiro atoms. The lowest BCUT2D eigenvalue weighted by atomic mass is 10.0. The van der Waals surface area contributed by atoms with E-state index in [4.69, 9.17) is 4.74 Å². The van der Waals surface area contributed by atoms with Crippen molar-refractivity contribution in [3.05, 3.63) is 30.1 Å². The molecule has 1 aliphatic rings. The summed E-state index contributed by atoms with van der Waals surface area (Å²) in [7, 11) is 1.38. The standard InChI is InChI=1S/C16H23FN2O2/c1-4-19(14-8-6-5-7-13(14)17)11-16(2,15(20)21-3)18-12-9-10-12/h5-8,12,18H,4,9-11H2,1-3H3. The number of para-hydroxylation sites is 1. The van der Waals surface area contributed by atoms with Crippen LogP contribution in [0.1, 0.15) is 26.7 Å². The Hall–Kier alpha value is -1.62. The van der Waals surface area contributed by atoms with Gasteiger partial charge in [0.1, 0.15) is 11.4 Å². The number of carbonyl (C=O) groups is 1. The molecule has 1 atom stereocenters. The van der Waals surface area contributed by atoms with Crippen LogP contribution in [0.15, 0.2) is 24.3 Å². The summed E-state index contributed by atoms with van der Waals surface area (Å²) >= 11 is 0. The van der Waals surface area contributed by atoms with Crippen molar-refractivity contribution in [2.75, 3.05) is 25.1 Å². The van der Waals surface area contributed by atoms with Crippen LogP contribution < -0.4 is 10.2 Å². The summed E-state index contributed by atoms with van der Waals surface area (Å²) in [6.45, 7) is 4.75. The summed E-state index contributed by atoms with van der Waals surface area (Å²) in [4.78, 5) is 14.0. The zero-order chi connectivity index (χ0) is 15.5. The van der Waals surface area contributed by atoms with Crippen molar-refractivity contribution in [2.24, 2.45) is 0 Å². The molecular weight excluding hydrogens is 271 g/mol. The SMILES string of the molecule is CCN(CC(C)(NC1CC1)C(=O)OC)c1ccccc1F. The number of ether oxygens (including phenoxy) is 1. The van der Waals surface area contributed by atoms with Crippen LogP contribution in [0.4, 0.5) is 10.1 Å². The summed E-state index contributed by atoms with van der Waals surface area (Å²) in [5.41, 5.74) is -0.332. The Bertz CT molecular complexity index is 505. The number of hydrogen-bond acceptors (Lipinski definition) is 4. The molecule has 1 saturated carbocycles. The van der Waals surface area contributed by atoms with Gasteiger partial charge < -0.3 is 9.64 Å². The molecule has 1 aromatic carbocycles. The van der Waals surface area contributed by atoms with Gasteiger partial charge in [0.2, 0.25) is 0 Å². The highest BCUT2D eigenvalue weighted by molar-refractivity contribution is 5.81. The van der Waals surface area contributed by atoms with Crippen molar-refractivity contribution >= 4 is 11.7 Å². The molecule has 1 unspecified atom stereocenters. The molecule has 0 aromatic heterocycles. The maximum Gasteiger partial charge on any atom is 0.327 e. The number of rotatable bonds is 7. The van der Waals surface area contributed by atoms with Crippen LogP contribution in [-0.4, -0.2) is 37.7 Å². The highest BCUT2D eigenvalue weighted by Gasteiger charge is 2.41. The molecule has 116 valence electrons. The van der Waals surface area contributed by atoms with Gasteiger partial charge in [-0.2, -0.15) is 0 Å². The first-order valence-electron chi connectivity index (χ1n) is 7.35. The molecule has 2 rings (SSSR count). The average molecular weight is 294 g/mol. The molecule has 0 bridgehead atoms. The van der Waals surface area contributed by atoms with E-state index in [1.54, 1.807) is 18.2 Å². The Kier molecular flexibility index (Phi) is 4.83. The van der Waals surface area contributed by atoms with E-state index in [9.17, 15) is 9.18 Å². The number of hydrogen-bond donors (Lipinski definition) is 1. The second-order valence-corrected chi connectivity index (χ2v) is 5.71. The monoisotopic (exact) mass is 294 g/mol. The lowest BCUT2D eigenvalue weighted by Gasteiger charge is -2.35. The Morgan fingerprint density at radius 2 is 2.14 bits per heavy atom. The Balaban J connectivity index is 2.20. The summed E-state index contributed by atoms with van der Waals surface area (Å²) in [6.07, 6.45) is 2.14. The Labute approximate surface area is 125 Å². The minimum atomic E-state index is -0.839. The van der Waals surface area contributed by atoms with Crippen molar-refractivity contribution in [1.29, 1.82) is 0 Å². The van der Waals surface area contributed by atoms with E-state index >= 15 is 0 Å². The zero-order valence-electron chi connectivity index (χ0n) is 12.9.